The number of esters is 2. The highest BCUT2D eigenvalue weighted by molar-refractivity contribution is 7.89. The first-order chi connectivity index (χ1) is 11.1. The Morgan fingerprint density at radius 3 is 2.38 bits per heavy atom. The summed E-state index contributed by atoms with van der Waals surface area (Å²) in [5, 5.41) is 12.6. The second kappa shape index (κ2) is 6.37. The maximum absolute atomic E-state index is 12.5. The van der Waals surface area contributed by atoms with E-state index in [2.05, 4.69) is 14.8 Å². The van der Waals surface area contributed by atoms with Gasteiger partial charge in [0.05, 0.1) is 36.4 Å². The van der Waals surface area contributed by atoms with Crippen LogP contribution in [0, 0.1) is 0 Å². The van der Waals surface area contributed by atoms with Crippen molar-refractivity contribution >= 4 is 50.9 Å². The Bertz CT molecular complexity index is 814. The van der Waals surface area contributed by atoms with Crippen LogP contribution in [0.4, 0.5) is 5.69 Å². The van der Waals surface area contributed by atoms with Crippen LogP contribution in [0.15, 0.2) is 17.0 Å². The van der Waals surface area contributed by atoms with E-state index in [0.29, 0.717) is 0 Å². The summed E-state index contributed by atoms with van der Waals surface area (Å²) >= 11 is 11.7. The minimum absolute atomic E-state index is 0.00124. The fraction of sp³-hybridized carbons (Fsp3) is 0.333. The molecule has 0 radical (unpaired) electrons. The fourth-order valence-electron chi connectivity index (χ4n) is 2.17. The number of benzene rings is 1. The number of nitrogens with one attached hydrogen (secondary N) is 1. The lowest BCUT2D eigenvalue weighted by Gasteiger charge is -2.40. The number of anilines is 1. The zero-order chi connectivity index (χ0) is 18.3. The highest BCUT2D eigenvalue weighted by Crippen LogP contribution is 2.41. The van der Waals surface area contributed by atoms with Gasteiger partial charge in [0.1, 0.15) is 4.90 Å². The van der Waals surface area contributed by atoms with Crippen molar-refractivity contribution in [2.24, 2.45) is 0 Å². The van der Waals surface area contributed by atoms with Gasteiger partial charge in [0.15, 0.2) is 0 Å². The van der Waals surface area contributed by atoms with E-state index < -0.39 is 38.9 Å². The molecule has 0 aromatic heterocycles. The maximum atomic E-state index is 12.5. The molecule has 2 N–H and O–H groups in total. The number of ether oxygens (including phenoxy) is 2. The Morgan fingerprint density at radius 2 is 1.83 bits per heavy atom. The average Bonchev–Trinajstić information content (AvgIpc) is 2.54. The summed E-state index contributed by atoms with van der Waals surface area (Å²) in [6.07, 6.45) is -0.856. The van der Waals surface area contributed by atoms with E-state index in [0.717, 1.165) is 26.4 Å². The molecule has 132 valence electrons. The number of fused-ring (bicyclic) bond motifs is 1. The van der Waals surface area contributed by atoms with E-state index in [1.807, 2.05) is 0 Å². The monoisotopic (exact) mass is 398 g/mol. The molecule has 1 aromatic rings. The van der Waals surface area contributed by atoms with E-state index in [9.17, 15) is 23.2 Å². The highest BCUT2D eigenvalue weighted by Gasteiger charge is 2.57. The van der Waals surface area contributed by atoms with Crippen molar-refractivity contribution in [1.82, 2.24) is 4.47 Å². The second-order valence-corrected chi connectivity index (χ2v) is 7.29. The highest BCUT2D eigenvalue weighted by atomic mass is 35.5. The Kier molecular flexibility index (Phi) is 4.98. The summed E-state index contributed by atoms with van der Waals surface area (Å²) in [4.78, 5) is 23.4. The van der Waals surface area contributed by atoms with Gasteiger partial charge in [-0.3, -0.25) is 10.0 Å². The molecule has 0 bridgehead atoms. The Balaban J connectivity index is 2.73. The van der Waals surface area contributed by atoms with Crippen LogP contribution in [0.3, 0.4) is 0 Å². The third-order valence-electron chi connectivity index (χ3n) is 3.35. The molecule has 0 amide bonds. The number of rotatable bonds is 3. The zero-order valence-corrected chi connectivity index (χ0v) is 14.7. The number of nitrogens with zero attached hydrogens (tertiary/aromatic N) is 1. The molecule has 1 aliphatic heterocycles. The third-order valence-corrected chi connectivity index (χ3v) is 5.73. The molecule has 1 heterocycles. The number of hydrogen-bond donors (Lipinski definition) is 2. The maximum Gasteiger partial charge on any atom is 0.351 e. The van der Waals surface area contributed by atoms with E-state index in [1.165, 1.54) is 0 Å². The normalized spacial score (nSPS) is 22.2. The minimum atomic E-state index is -4.60. The van der Waals surface area contributed by atoms with E-state index in [-0.39, 0.29) is 20.2 Å². The Morgan fingerprint density at radius 1 is 1.25 bits per heavy atom. The van der Waals surface area contributed by atoms with Crippen LogP contribution < -0.4 is 5.32 Å². The summed E-state index contributed by atoms with van der Waals surface area (Å²) < 4.78 is 33.8. The molecule has 0 spiro atoms. The van der Waals surface area contributed by atoms with Gasteiger partial charge in [0, 0.05) is 0 Å². The van der Waals surface area contributed by atoms with Crippen LogP contribution in [0.5, 0.6) is 0 Å². The topological polar surface area (TPSA) is 122 Å². The number of carbonyl (C=O) groups is 2. The standard InChI is InChI=1S/C12H12Cl2N2O7S/c1-22-10(17)5-12(11(18)23-2)15-8-3-6(13)7(14)4-9(8)24(20,21)16(12)19/h3-4,15,19H,5H2,1-2H3. The molecular formula is C12H12Cl2N2O7S. The molecule has 2 rings (SSSR count). The van der Waals surface area contributed by atoms with Gasteiger partial charge in [0.25, 0.3) is 10.0 Å². The first kappa shape index (κ1) is 18.7. The largest absolute Gasteiger partial charge is 0.469 e. The van der Waals surface area contributed by atoms with Crippen LogP contribution in [-0.2, 0) is 29.1 Å². The quantitative estimate of drug-likeness (QED) is 0.728. The molecule has 0 saturated carbocycles. The number of methoxy groups -OCH3 is 2. The van der Waals surface area contributed by atoms with Crippen LogP contribution in [-0.4, -0.2) is 49.9 Å². The van der Waals surface area contributed by atoms with Crippen molar-refractivity contribution in [3.63, 3.8) is 0 Å². The predicted molar refractivity (Wildman–Crippen MR) is 82.3 cm³/mol. The number of hydroxylamine groups is 1. The number of carbonyl (C=O) groups excluding carboxylic acids is 2. The smallest absolute Gasteiger partial charge is 0.351 e. The zero-order valence-electron chi connectivity index (χ0n) is 12.4. The van der Waals surface area contributed by atoms with E-state index in [4.69, 9.17) is 23.2 Å². The van der Waals surface area contributed by atoms with Gasteiger partial charge >= 0.3 is 11.9 Å². The summed E-state index contributed by atoms with van der Waals surface area (Å²) in [6.45, 7) is 0. The molecule has 24 heavy (non-hydrogen) atoms. The molecule has 1 aliphatic rings. The van der Waals surface area contributed by atoms with E-state index in [1.54, 1.807) is 0 Å². The third kappa shape index (κ3) is 2.80. The van der Waals surface area contributed by atoms with Crippen molar-refractivity contribution < 1.29 is 32.7 Å². The molecule has 0 aliphatic carbocycles. The number of hydrogen-bond acceptors (Lipinski definition) is 8. The fourth-order valence-corrected chi connectivity index (χ4v) is 4.00. The molecule has 12 heteroatoms. The van der Waals surface area contributed by atoms with Gasteiger partial charge in [0.2, 0.25) is 5.66 Å². The first-order valence-corrected chi connectivity index (χ1v) is 8.46. The van der Waals surface area contributed by atoms with Crippen molar-refractivity contribution in [3.8, 4) is 0 Å². The predicted octanol–water partition coefficient (Wildman–Crippen LogP) is 1.23. The van der Waals surface area contributed by atoms with Crippen molar-refractivity contribution in [1.29, 1.82) is 0 Å². The Labute approximate surface area is 147 Å². The molecule has 0 saturated heterocycles. The van der Waals surface area contributed by atoms with Crippen LogP contribution in [0.25, 0.3) is 0 Å². The lowest BCUT2D eigenvalue weighted by molar-refractivity contribution is -0.174. The van der Waals surface area contributed by atoms with Gasteiger partial charge in [-0.15, -0.1) is 0 Å². The van der Waals surface area contributed by atoms with E-state index >= 15 is 0 Å². The second-order valence-electron chi connectivity index (χ2n) is 4.74. The number of halogens is 2. The van der Waals surface area contributed by atoms with Crippen molar-refractivity contribution in [3.05, 3.63) is 22.2 Å². The van der Waals surface area contributed by atoms with Crippen LogP contribution in [0.1, 0.15) is 6.42 Å². The lowest BCUT2D eigenvalue weighted by atomic mass is 10.1. The van der Waals surface area contributed by atoms with Crippen molar-refractivity contribution in [2.45, 2.75) is 17.0 Å². The van der Waals surface area contributed by atoms with Gasteiger partial charge in [-0.1, -0.05) is 23.2 Å². The SMILES string of the molecule is COC(=O)CC1(C(=O)OC)Nc2cc(Cl)c(Cl)cc2S(=O)(=O)N1O. The number of sulfonamides is 1. The lowest BCUT2D eigenvalue weighted by Crippen LogP contribution is -2.64. The van der Waals surface area contributed by atoms with Gasteiger partial charge in [-0.2, -0.15) is 0 Å². The van der Waals surface area contributed by atoms with Gasteiger partial charge < -0.3 is 14.8 Å². The molecule has 1 aromatic carbocycles. The summed E-state index contributed by atoms with van der Waals surface area (Å²) in [7, 11) is -2.60. The molecule has 9 nitrogen and oxygen atoms in total. The van der Waals surface area contributed by atoms with Gasteiger partial charge in [-0.05, 0) is 16.6 Å². The van der Waals surface area contributed by atoms with Gasteiger partial charge in [-0.25, -0.2) is 13.2 Å². The summed E-state index contributed by atoms with van der Waals surface area (Å²) in [6, 6.07) is 2.16. The molecule has 1 unspecified atom stereocenters. The molecular weight excluding hydrogens is 387 g/mol. The van der Waals surface area contributed by atoms with Crippen LogP contribution in [0.2, 0.25) is 10.0 Å². The minimum Gasteiger partial charge on any atom is -0.469 e. The summed E-state index contributed by atoms with van der Waals surface area (Å²) in [5.74, 6) is -2.19. The summed E-state index contributed by atoms with van der Waals surface area (Å²) in [5.41, 5.74) is -2.59. The first-order valence-electron chi connectivity index (χ1n) is 6.27. The molecule has 0 fully saturated rings. The molecule has 1 atom stereocenters. The van der Waals surface area contributed by atoms with Crippen molar-refractivity contribution in [2.75, 3.05) is 19.5 Å². The average molecular weight is 399 g/mol. The Hall–Kier alpha value is -1.59. The van der Waals surface area contributed by atoms with Crippen LogP contribution >= 0.6 is 23.2 Å².